The van der Waals surface area contributed by atoms with Crippen LogP contribution in [0.4, 0.5) is 5.69 Å². The van der Waals surface area contributed by atoms with Gasteiger partial charge in [0.05, 0.1) is 16.3 Å². The van der Waals surface area contributed by atoms with E-state index < -0.39 is 0 Å². The molecular weight excluding hydrogens is 437 g/mol. The van der Waals surface area contributed by atoms with Crippen molar-refractivity contribution in [2.24, 2.45) is 0 Å². The molecule has 0 aliphatic carbocycles. The molecule has 0 aromatic heterocycles. The van der Waals surface area contributed by atoms with Gasteiger partial charge in [-0.25, -0.2) is 0 Å². The number of ether oxygens (including phenoxy) is 1. The fraction of sp³-hybridized carbons (Fsp3) is 0.0500. The highest BCUT2D eigenvalue weighted by Crippen LogP contribution is 2.28. The van der Waals surface area contributed by atoms with Gasteiger partial charge in [0.1, 0.15) is 12.4 Å². The normalized spacial score (nSPS) is 10.4. The minimum absolute atomic E-state index is 0.321. The molecule has 0 unspecified atom stereocenters. The molecule has 0 atom stereocenters. The Balaban J connectivity index is 1.81. The van der Waals surface area contributed by atoms with E-state index in [4.69, 9.17) is 27.9 Å². The summed E-state index contributed by atoms with van der Waals surface area (Å²) in [5.74, 6) is 0.165. The van der Waals surface area contributed by atoms with Gasteiger partial charge >= 0.3 is 0 Å². The van der Waals surface area contributed by atoms with Gasteiger partial charge in [-0.15, -0.1) is 0 Å². The Morgan fingerprint density at radius 1 is 1.00 bits per heavy atom. The Kier molecular flexibility index (Phi) is 6.20. The van der Waals surface area contributed by atoms with Crippen molar-refractivity contribution in [3.63, 3.8) is 0 Å². The standard InChI is InChI=1S/C20H14BrCl2NO2/c21-14-6-9-19(26-12-13-4-2-1-3-5-13)16(10-14)20(25)24-18-8-7-15(22)11-17(18)23/h1-11H,12H2,(H,24,25). The van der Waals surface area contributed by atoms with Crippen LogP contribution in [0.2, 0.25) is 10.0 Å². The molecule has 0 aliphatic heterocycles. The van der Waals surface area contributed by atoms with Crippen molar-refractivity contribution < 1.29 is 9.53 Å². The SMILES string of the molecule is O=C(Nc1ccc(Cl)cc1Cl)c1cc(Br)ccc1OCc1ccccc1. The molecule has 6 heteroatoms. The zero-order valence-corrected chi connectivity index (χ0v) is 16.6. The topological polar surface area (TPSA) is 38.3 Å². The van der Waals surface area contributed by atoms with Gasteiger partial charge in [-0.1, -0.05) is 69.5 Å². The first-order valence-corrected chi connectivity index (χ1v) is 9.30. The molecule has 1 amide bonds. The highest BCUT2D eigenvalue weighted by atomic mass is 79.9. The number of anilines is 1. The number of rotatable bonds is 5. The molecule has 3 aromatic carbocycles. The fourth-order valence-electron chi connectivity index (χ4n) is 2.32. The van der Waals surface area contributed by atoms with E-state index in [0.717, 1.165) is 10.0 Å². The zero-order chi connectivity index (χ0) is 18.5. The maximum Gasteiger partial charge on any atom is 0.259 e. The van der Waals surface area contributed by atoms with Crippen LogP contribution in [-0.2, 0) is 6.61 Å². The van der Waals surface area contributed by atoms with E-state index in [0.29, 0.717) is 33.7 Å². The number of nitrogens with one attached hydrogen (secondary N) is 1. The van der Waals surface area contributed by atoms with Crippen molar-refractivity contribution in [2.45, 2.75) is 6.61 Å². The molecule has 0 spiro atoms. The summed E-state index contributed by atoms with van der Waals surface area (Å²) in [7, 11) is 0. The molecule has 3 rings (SSSR count). The van der Waals surface area contributed by atoms with E-state index in [1.54, 1.807) is 30.3 Å². The average Bonchev–Trinajstić information content (AvgIpc) is 2.63. The monoisotopic (exact) mass is 449 g/mol. The summed E-state index contributed by atoms with van der Waals surface area (Å²) in [4.78, 5) is 12.7. The maximum absolute atomic E-state index is 12.7. The third-order valence-electron chi connectivity index (χ3n) is 3.60. The minimum atomic E-state index is -0.321. The van der Waals surface area contributed by atoms with Crippen LogP contribution in [0.15, 0.2) is 71.2 Å². The second-order valence-electron chi connectivity index (χ2n) is 5.49. The number of halogens is 3. The van der Waals surface area contributed by atoms with Crippen LogP contribution in [0.1, 0.15) is 15.9 Å². The molecular formula is C20H14BrCl2NO2. The van der Waals surface area contributed by atoms with Crippen molar-refractivity contribution in [3.8, 4) is 5.75 Å². The highest BCUT2D eigenvalue weighted by molar-refractivity contribution is 9.10. The van der Waals surface area contributed by atoms with Crippen LogP contribution >= 0.6 is 39.1 Å². The van der Waals surface area contributed by atoms with Gasteiger partial charge in [-0.05, 0) is 42.0 Å². The first kappa shape index (κ1) is 18.8. The van der Waals surface area contributed by atoms with Crippen LogP contribution in [0, 0.1) is 0 Å². The molecule has 0 heterocycles. The van der Waals surface area contributed by atoms with Gasteiger partial charge < -0.3 is 10.1 Å². The summed E-state index contributed by atoms with van der Waals surface area (Å²) < 4.78 is 6.63. The third kappa shape index (κ3) is 4.79. The van der Waals surface area contributed by atoms with E-state index in [9.17, 15) is 4.79 Å². The lowest BCUT2D eigenvalue weighted by atomic mass is 10.1. The number of hydrogen-bond acceptors (Lipinski definition) is 2. The van der Waals surface area contributed by atoms with Gasteiger partial charge in [0.25, 0.3) is 5.91 Å². The summed E-state index contributed by atoms with van der Waals surface area (Å²) in [6.45, 7) is 0.366. The molecule has 0 aliphatic rings. The van der Waals surface area contributed by atoms with Gasteiger partial charge in [-0.3, -0.25) is 4.79 Å². The molecule has 3 aromatic rings. The maximum atomic E-state index is 12.7. The van der Waals surface area contributed by atoms with Crippen molar-refractivity contribution in [2.75, 3.05) is 5.32 Å². The van der Waals surface area contributed by atoms with Crippen LogP contribution in [0.5, 0.6) is 5.75 Å². The fourth-order valence-corrected chi connectivity index (χ4v) is 3.14. The van der Waals surface area contributed by atoms with Crippen LogP contribution in [-0.4, -0.2) is 5.91 Å². The second kappa shape index (κ2) is 8.58. The van der Waals surface area contributed by atoms with Gasteiger partial charge in [0.2, 0.25) is 0 Å². The lowest BCUT2D eigenvalue weighted by molar-refractivity contribution is 0.102. The lowest BCUT2D eigenvalue weighted by Crippen LogP contribution is -2.14. The largest absolute Gasteiger partial charge is 0.488 e. The van der Waals surface area contributed by atoms with E-state index >= 15 is 0 Å². The summed E-state index contributed by atoms with van der Waals surface area (Å²) in [6.07, 6.45) is 0. The van der Waals surface area contributed by atoms with Gasteiger partial charge in [-0.2, -0.15) is 0 Å². The van der Waals surface area contributed by atoms with Crippen molar-refractivity contribution >= 4 is 50.7 Å². The Bertz CT molecular complexity index is 932. The average molecular weight is 451 g/mol. The molecule has 132 valence electrons. The van der Waals surface area contributed by atoms with Crippen LogP contribution in [0.25, 0.3) is 0 Å². The Morgan fingerprint density at radius 3 is 2.50 bits per heavy atom. The summed E-state index contributed by atoms with van der Waals surface area (Å²) in [5.41, 5.74) is 1.90. The summed E-state index contributed by atoms with van der Waals surface area (Å²) in [6, 6.07) is 19.9. The van der Waals surface area contributed by atoms with Crippen molar-refractivity contribution in [3.05, 3.63) is 92.4 Å². The number of hydrogen-bond donors (Lipinski definition) is 1. The van der Waals surface area contributed by atoms with Crippen molar-refractivity contribution in [1.82, 2.24) is 0 Å². The van der Waals surface area contributed by atoms with Crippen LogP contribution in [0.3, 0.4) is 0 Å². The first-order valence-electron chi connectivity index (χ1n) is 7.75. The second-order valence-corrected chi connectivity index (χ2v) is 7.25. The van der Waals surface area contributed by atoms with Crippen LogP contribution < -0.4 is 10.1 Å². The van der Waals surface area contributed by atoms with E-state index in [1.165, 1.54) is 0 Å². The Hall–Kier alpha value is -2.01. The zero-order valence-electron chi connectivity index (χ0n) is 13.5. The van der Waals surface area contributed by atoms with Gasteiger partial charge in [0, 0.05) is 9.50 Å². The summed E-state index contributed by atoms with van der Waals surface area (Å²) >= 11 is 15.4. The van der Waals surface area contributed by atoms with Gasteiger partial charge in [0.15, 0.2) is 0 Å². The number of carbonyl (C=O) groups is 1. The Morgan fingerprint density at radius 2 is 1.77 bits per heavy atom. The minimum Gasteiger partial charge on any atom is -0.488 e. The molecule has 0 saturated heterocycles. The number of carbonyl (C=O) groups excluding carboxylic acids is 1. The lowest BCUT2D eigenvalue weighted by Gasteiger charge is -2.13. The Labute approximate surface area is 170 Å². The predicted octanol–water partition coefficient (Wildman–Crippen LogP) is 6.59. The molecule has 0 radical (unpaired) electrons. The quantitative estimate of drug-likeness (QED) is 0.476. The first-order chi connectivity index (χ1) is 12.5. The predicted molar refractivity (Wildman–Crippen MR) is 109 cm³/mol. The third-order valence-corrected chi connectivity index (χ3v) is 4.64. The smallest absolute Gasteiger partial charge is 0.259 e. The molecule has 3 nitrogen and oxygen atoms in total. The molecule has 1 N–H and O–H groups in total. The summed E-state index contributed by atoms with van der Waals surface area (Å²) in [5, 5.41) is 3.66. The molecule has 0 fully saturated rings. The molecule has 0 bridgehead atoms. The highest BCUT2D eigenvalue weighted by Gasteiger charge is 2.15. The molecule has 26 heavy (non-hydrogen) atoms. The molecule has 0 saturated carbocycles. The van der Waals surface area contributed by atoms with Crippen molar-refractivity contribution in [1.29, 1.82) is 0 Å². The van der Waals surface area contributed by atoms with E-state index in [-0.39, 0.29) is 5.91 Å². The number of amides is 1. The van der Waals surface area contributed by atoms with E-state index in [2.05, 4.69) is 21.2 Å². The van der Waals surface area contributed by atoms with E-state index in [1.807, 2.05) is 36.4 Å². The number of benzene rings is 3.